The van der Waals surface area contributed by atoms with Gasteiger partial charge in [0, 0.05) is 28.3 Å². The van der Waals surface area contributed by atoms with Crippen molar-refractivity contribution in [2.24, 2.45) is 0 Å². The van der Waals surface area contributed by atoms with Crippen molar-refractivity contribution in [3.8, 4) is 17.0 Å². The van der Waals surface area contributed by atoms with Gasteiger partial charge in [-0.15, -0.1) is 13.2 Å². The Labute approximate surface area is 171 Å². The van der Waals surface area contributed by atoms with E-state index in [4.69, 9.17) is 0 Å². The molecule has 0 aliphatic carbocycles. The second-order valence-corrected chi connectivity index (χ2v) is 6.81. The van der Waals surface area contributed by atoms with Crippen molar-refractivity contribution < 1.29 is 27.1 Å². The lowest BCUT2D eigenvalue weighted by Crippen LogP contribution is -2.24. The number of ether oxygens (including phenoxy) is 1. The quantitative estimate of drug-likeness (QED) is 0.504. The molecule has 1 aromatic heterocycles. The van der Waals surface area contributed by atoms with E-state index in [0.717, 1.165) is 0 Å². The lowest BCUT2D eigenvalue weighted by atomic mass is 10.1. The zero-order valence-electron chi connectivity index (χ0n) is 14.6. The predicted molar refractivity (Wildman–Crippen MR) is 102 cm³/mol. The summed E-state index contributed by atoms with van der Waals surface area (Å²) in [5.41, 5.74) is 0.979. The highest BCUT2D eigenvalue weighted by molar-refractivity contribution is 9.10. The Morgan fingerprint density at radius 2 is 1.86 bits per heavy atom. The molecule has 1 N–H and O–H groups in total. The topological polar surface area (TPSA) is 51.2 Å². The number of benzene rings is 2. The molecule has 0 aliphatic rings. The molecule has 1 amide bonds. The van der Waals surface area contributed by atoms with Crippen LogP contribution in [0.15, 0.2) is 65.3 Å². The third-order valence-corrected chi connectivity index (χ3v) is 4.36. The van der Waals surface area contributed by atoms with Gasteiger partial charge in [-0.2, -0.15) is 0 Å². The van der Waals surface area contributed by atoms with Crippen LogP contribution < -0.4 is 10.1 Å². The van der Waals surface area contributed by atoms with Crippen LogP contribution in [0.25, 0.3) is 11.3 Å². The molecule has 9 heteroatoms. The Bertz CT molecular complexity index is 1020. The van der Waals surface area contributed by atoms with Crippen molar-refractivity contribution in [1.82, 2.24) is 10.3 Å². The summed E-state index contributed by atoms with van der Waals surface area (Å²) in [5.74, 6) is -1.40. The smallest absolute Gasteiger partial charge is 0.405 e. The molecule has 2 aromatic carbocycles. The number of carbonyl (C=O) groups is 1. The zero-order chi connectivity index (χ0) is 21.0. The first-order valence-corrected chi connectivity index (χ1v) is 9.05. The van der Waals surface area contributed by atoms with Gasteiger partial charge in [0.15, 0.2) is 0 Å². The van der Waals surface area contributed by atoms with Crippen LogP contribution in [0.1, 0.15) is 15.9 Å². The molecule has 29 heavy (non-hydrogen) atoms. The highest BCUT2D eigenvalue weighted by atomic mass is 79.9. The van der Waals surface area contributed by atoms with Crippen molar-refractivity contribution in [2.75, 3.05) is 0 Å². The van der Waals surface area contributed by atoms with E-state index < -0.39 is 23.8 Å². The molecule has 0 saturated carbocycles. The fourth-order valence-electron chi connectivity index (χ4n) is 2.53. The average Bonchev–Trinajstić information content (AvgIpc) is 2.66. The van der Waals surface area contributed by atoms with Crippen LogP contribution in [-0.4, -0.2) is 17.3 Å². The molecule has 3 rings (SSSR count). The lowest BCUT2D eigenvalue weighted by molar-refractivity contribution is -0.274. The maximum atomic E-state index is 13.8. The van der Waals surface area contributed by atoms with Crippen LogP contribution in [0.3, 0.4) is 0 Å². The number of pyridine rings is 1. The second kappa shape index (κ2) is 8.60. The summed E-state index contributed by atoms with van der Waals surface area (Å²) in [7, 11) is 0. The normalized spacial score (nSPS) is 11.2. The number of nitrogens with one attached hydrogen (secondary N) is 1. The van der Waals surface area contributed by atoms with Crippen LogP contribution in [-0.2, 0) is 6.54 Å². The van der Waals surface area contributed by atoms with Gasteiger partial charge < -0.3 is 10.1 Å². The summed E-state index contributed by atoms with van der Waals surface area (Å²) in [4.78, 5) is 16.4. The van der Waals surface area contributed by atoms with Crippen LogP contribution in [0.4, 0.5) is 17.6 Å². The Morgan fingerprint density at radius 3 is 2.52 bits per heavy atom. The zero-order valence-corrected chi connectivity index (χ0v) is 16.2. The molecule has 0 saturated heterocycles. The first-order valence-electron chi connectivity index (χ1n) is 8.26. The number of hydrogen-bond donors (Lipinski definition) is 1. The fraction of sp³-hybridized carbons (Fsp3) is 0.100. The second-order valence-electron chi connectivity index (χ2n) is 5.89. The summed E-state index contributed by atoms with van der Waals surface area (Å²) in [6.07, 6.45) is -3.59. The maximum absolute atomic E-state index is 13.8. The van der Waals surface area contributed by atoms with Crippen LogP contribution >= 0.6 is 15.9 Å². The molecule has 0 radical (unpaired) electrons. The minimum Gasteiger partial charge on any atom is -0.405 e. The number of amides is 1. The SMILES string of the molecule is O=C(NCc1ccc(Br)cc1OC(F)(F)F)c1ccc(-c2ccccc2F)nc1. The molecule has 0 atom stereocenters. The van der Waals surface area contributed by atoms with Crippen molar-refractivity contribution in [2.45, 2.75) is 12.9 Å². The minimum absolute atomic E-state index is 0.148. The van der Waals surface area contributed by atoms with Gasteiger partial charge >= 0.3 is 6.36 Å². The molecular weight excluding hydrogens is 456 g/mol. The molecule has 3 aromatic rings. The van der Waals surface area contributed by atoms with Gasteiger partial charge in [0.25, 0.3) is 5.91 Å². The predicted octanol–water partition coefficient (Wildman–Crippen LogP) is 5.48. The monoisotopic (exact) mass is 468 g/mol. The first-order chi connectivity index (χ1) is 13.7. The first kappa shape index (κ1) is 20.8. The number of alkyl halides is 3. The third-order valence-electron chi connectivity index (χ3n) is 3.87. The van der Waals surface area contributed by atoms with E-state index in [1.807, 2.05) is 0 Å². The molecule has 1 heterocycles. The van der Waals surface area contributed by atoms with Gasteiger partial charge in [0.2, 0.25) is 0 Å². The van der Waals surface area contributed by atoms with Crippen LogP contribution in [0.5, 0.6) is 5.75 Å². The van der Waals surface area contributed by atoms with E-state index >= 15 is 0 Å². The number of carbonyl (C=O) groups excluding carboxylic acids is 1. The van der Waals surface area contributed by atoms with Gasteiger partial charge in [-0.05, 0) is 36.4 Å². The standard InChI is InChI=1S/C20H13BrF4N2O2/c21-14-7-5-12(18(9-14)29-20(23,24)25)10-27-19(28)13-6-8-17(26-11-13)15-3-1-2-4-16(15)22/h1-9,11H,10H2,(H,27,28). The Balaban J connectivity index is 1.71. The van der Waals surface area contributed by atoms with Gasteiger partial charge in [-0.1, -0.05) is 34.1 Å². The fourth-order valence-corrected chi connectivity index (χ4v) is 2.87. The van der Waals surface area contributed by atoms with Gasteiger partial charge in [-0.25, -0.2) is 4.39 Å². The molecule has 4 nitrogen and oxygen atoms in total. The summed E-state index contributed by atoms with van der Waals surface area (Å²) in [6, 6.07) is 13.1. The summed E-state index contributed by atoms with van der Waals surface area (Å²) in [5, 5.41) is 2.52. The number of halogens is 5. The summed E-state index contributed by atoms with van der Waals surface area (Å²) < 4.78 is 55.9. The summed E-state index contributed by atoms with van der Waals surface area (Å²) >= 11 is 3.08. The highest BCUT2D eigenvalue weighted by Gasteiger charge is 2.32. The molecule has 0 fully saturated rings. The number of nitrogens with zero attached hydrogens (tertiary/aromatic N) is 1. The molecule has 0 unspecified atom stereocenters. The van der Waals surface area contributed by atoms with Gasteiger partial charge in [0.05, 0.1) is 11.3 Å². The van der Waals surface area contributed by atoms with E-state index in [1.54, 1.807) is 18.2 Å². The largest absolute Gasteiger partial charge is 0.573 e. The maximum Gasteiger partial charge on any atom is 0.573 e. The highest BCUT2D eigenvalue weighted by Crippen LogP contribution is 2.29. The Hall–Kier alpha value is -2.94. The van der Waals surface area contributed by atoms with Gasteiger partial charge in [0.1, 0.15) is 11.6 Å². The molecule has 0 aliphatic heterocycles. The molecule has 0 bridgehead atoms. The van der Waals surface area contributed by atoms with Crippen molar-refractivity contribution in [1.29, 1.82) is 0 Å². The van der Waals surface area contributed by atoms with Crippen LogP contribution in [0, 0.1) is 5.82 Å². The van der Waals surface area contributed by atoms with E-state index in [1.165, 1.54) is 42.6 Å². The number of hydrogen-bond acceptors (Lipinski definition) is 3. The number of rotatable bonds is 5. The van der Waals surface area contributed by atoms with Crippen LogP contribution in [0.2, 0.25) is 0 Å². The molecule has 0 spiro atoms. The third kappa shape index (κ3) is 5.54. The molecular formula is C20H13BrF4N2O2. The van der Waals surface area contributed by atoms with E-state index in [9.17, 15) is 22.4 Å². The van der Waals surface area contributed by atoms with E-state index in [0.29, 0.717) is 15.7 Å². The summed E-state index contributed by atoms with van der Waals surface area (Å²) in [6.45, 7) is -0.188. The molecule has 150 valence electrons. The Kier molecular flexibility index (Phi) is 6.17. The number of aromatic nitrogens is 1. The van der Waals surface area contributed by atoms with Crippen molar-refractivity contribution in [3.63, 3.8) is 0 Å². The lowest BCUT2D eigenvalue weighted by Gasteiger charge is -2.14. The average molecular weight is 469 g/mol. The van der Waals surface area contributed by atoms with Crippen molar-refractivity contribution >= 4 is 21.8 Å². The Morgan fingerprint density at radius 1 is 1.10 bits per heavy atom. The van der Waals surface area contributed by atoms with Gasteiger partial charge in [-0.3, -0.25) is 9.78 Å². The van der Waals surface area contributed by atoms with E-state index in [2.05, 4.69) is 31.0 Å². The van der Waals surface area contributed by atoms with E-state index in [-0.39, 0.29) is 17.7 Å². The minimum atomic E-state index is -4.86. The van der Waals surface area contributed by atoms with Crippen molar-refractivity contribution in [3.05, 3.63) is 82.2 Å².